The maximum atomic E-state index is 12.2. The van der Waals surface area contributed by atoms with E-state index in [-0.39, 0.29) is 6.42 Å². The summed E-state index contributed by atoms with van der Waals surface area (Å²) in [5.74, 6) is -2.59. The largest absolute Gasteiger partial charge is 0.333 e. The average molecular weight is 312 g/mol. The summed E-state index contributed by atoms with van der Waals surface area (Å²) in [7, 11) is -2.18. The fourth-order valence-electron chi connectivity index (χ4n) is 1.57. The molecular weight excluding hydrogens is 290 g/mol. The molecule has 0 aromatic carbocycles. The van der Waals surface area contributed by atoms with Gasteiger partial charge in [-0.3, -0.25) is 9.52 Å². The molecule has 2 fully saturated rings. The van der Waals surface area contributed by atoms with Gasteiger partial charge in [-0.25, -0.2) is 17.2 Å². The fraction of sp³-hybridized carbons (Fsp3) is 0.750. The number of alkyl halides is 2. The fourth-order valence-corrected chi connectivity index (χ4v) is 2.87. The lowest BCUT2D eigenvalue weighted by Gasteiger charge is -2.11. The first-order valence-corrected chi connectivity index (χ1v) is 7.67. The molecule has 2 atom stereocenters. The van der Waals surface area contributed by atoms with Crippen molar-refractivity contribution < 1.29 is 22.0 Å². The number of nitrogens with one attached hydrogen (secondary N) is 1. The van der Waals surface area contributed by atoms with Crippen LogP contribution in [0.1, 0.15) is 26.2 Å². The van der Waals surface area contributed by atoms with E-state index in [4.69, 9.17) is 0 Å². The molecule has 8 heteroatoms. The van der Waals surface area contributed by atoms with Gasteiger partial charge < -0.3 is 5.73 Å². The lowest BCUT2D eigenvalue weighted by molar-refractivity contribution is -0.121. The van der Waals surface area contributed by atoms with Crippen LogP contribution < -0.4 is 10.5 Å². The molecule has 1 unspecified atom stereocenters. The molecule has 0 aromatic rings. The number of rotatable bonds is 4. The number of halogens is 2. The van der Waals surface area contributed by atoms with Crippen LogP contribution >= 0.6 is 0 Å². The van der Waals surface area contributed by atoms with Gasteiger partial charge in [0, 0.05) is 11.8 Å². The van der Waals surface area contributed by atoms with Crippen LogP contribution in [0.15, 0.2) is 13.2 Å². The van der Waals surface area contributed by atoms with Crippen LogP contribution in [0, 0.1) is 11.8 Å². The Bertz CT molecular complexity index is 436. The Morgan fingerprint density at radius 3 is 2.10 bits per heavy atom. The lowest BCUT2D eigenvalue weighted by atomic mass is 10.3. The molecule has 0 saturated heterocycles. The monoisotopic (exact) mass is 312 g/mol. The van der Waals surface area contributed by atoms with Crippen molar-refractivity contribution in [3.05, 3.63) is 13.2 Å². The first-order valence-electron chi connectivity index (χ1n) is 6.19. The average Bonchev–Trinajstić information content (AvgIpc) is 3.27. The standard InChI is InChI=1S/C9H13F2NO3S.C2H4.CH5N/c1-9(2-3-9)16(14,15)12-8(13)6-4-5(6)7(10)11;2*1-2/h5-7H,2-4H2,1H3,(H,12,13);1-2H2;2H2,1H3/t5?,6-;;/m0../s1. The van der Waals surface area contributed by atoms with E-state index in [1.54, 1.807) is 6.92 Å². The normalized spacial score (nSPS) is 25.5. The van der Waals surface area contributed by atoms with Gasteiger partial charge >= 0.3 is 0 Å². The molecule has 2 saturated carbocycles. The lowest BCUT2D eigenvalue weighted by Crippen LogP contribution is -2.39. The predicted octanol–water partition coefficient (Wildman–Crippen LogP) is 1.26. The van der Waals surface area contributed by atoms with Gasteiger partial charge in [-0.05, 0) is 33.2 Å². The number of carbonyl (C=O) groups is 1. The van der Waals surface area contributed by atoms with Gasteiger partial charge in [0.1, 0.15) is 0 Å². The third-order valence-corrected chi connectivity index (χ3v) is 5.51. The van der Waals surface area contributed by atoms with Gasteiger partial charge in [0.15, 0.2) is 0 Å². The van der Waals surface area contributed by atoms with Crippen molar-refractivity contribution in [3.63, 3.8) is 0 Å². The van der Waals surface area contributed by atoms with Crippen molar-refractivity contribution in [2.75, 3.05) is 7.05 Å². The maximum Gasteiger partial charge on any atom is 0.242 e. The number of nitrogens with two attached hydrogens (primary N) is 1. The highest BCUT2D eigenvalue weighted by Gasteiger charge is 2.54. The van der Waals surface area contributed by atoms with Crippen molar-refractivity contribution >= 4 is 15.9 Å². The van der Waals surface area contributed by atoms with E-state index in [0.29, 0.717) is 12.8 Å². The van der Waals surface area contributed by atoms with Gasteiger partial charge in [0.25, 0.3) is 0 Å². The molecule has 0 aliphatic heterocycles. The Morgan fingerprint density at radius 1 is 1.35 bits per heavy atom. The highest BCUT2D eigenvalue weighted by atomic mass is 32.2. The van der Waals surface area contributed by atoms with E-state index in [9.17, 15) is 22.0 Å². The molecule has 2 aliphatic carbocycles. The Morgan fingerprint density at radius 2 is 1.80 bits per heavy atom. The van der Waals surface area contributed by atoms with Gasteiger partial charge in [-0.1, -0.05) is 0 Å². The molecule has 2 aliphatic rings. The zero-order valence-corrected chi connectivity index (χ0v) is 12.6. The third-order valence-electron chi connectivity index (χ3n) is 3.34. The molecule has 2 rings (SSSR count). The van der Waals surface area contributed by atoms with E-state index < -0.39 is 38.9 Å². The number of hydrogen-bond donors (Lipinski definition) is 2. The number of amides is 1. The summed E-state index contributed by atoms with van der Waals surface area (Å²) in [5.41, 5.74) is 4.50. The van der Waals surface area contributed by atoms with Crippen molar-refractivity contribution in [1.82, 2.24) is 4.72 Å². The smallest absolute Gasteiger partial charge is 0.242 e. The van der Waals surface area contributed by atoms with Crippen LogP contribution in [0.5, 0.6) is 0 Å². The molecule has 0 heterocycles. The first kappa shape index (κ1) is 19.0. The van der Waals surface area contributed by atoms with Crippen LogP contribution in [0.4, 0.5) is 8.78 Å². The zero-order chi connectivity index (χ0) is 16.1. The van der Waals surface area contributed by atoms with Gasteiger partial charge in [-0.15, -0.1) is 13.2 Å². The van der Waals surface area contributed by atoms with Crippen molar-refractivity contribution in [2.24, 2.45) is 17.6 Å². The quantitative estimate of drug-likeness (QED) is 0.765. The molecule has 0 spiro atoms. The van der Waals surface area contributed by atoms with Crippen LogP contribution in [0.3, 0.4) is 0 Å². The summed E-state index contributed by atoms with van der Waals surface area (Å²) in [6, 6.07) is 0. The summed E-state index contributed by atoms with van der Waals surface area (Å²) in [5, 5.41) is 0. The van der Waals surface area contributed by atoms with Gasteiger partial charge in [0.2, 0.25) is 22.4 Å². The predicted molar refractivity (Wildman–Crippen MR) is 73.7 cm³/mol. The van der Waals surface area contributed by atoms with E-state index in [1.165, 1.54) is 7.05 Å². The molecule has 0 radical (unpaired) electrons. The second-order valence-corrected chi connectivity index (χ2v) is 6.96. The number of hydrogen-bond acceptors (Lipinski definition) is 4. The Kier molecular flexibility index (Phi) is 6.76. The molecule has 0 bridgehead atoms. The maximum absolute atomic E-state index is 12.2. The van der Waals surface area contributed by atoms with Crippen LogP contribution in [0.25, 0.3) is 0 Å². The topological polar surface area (TPSA) is 89.3 Å². The Balaban J connectivity index is 0.000000829. The second kappa shape index (κ2) is 7.12. The molecule has 20 heavy (non-hydrogen) atoms. The summed E-state index contributed by atoms with van der Waals surface area (Å²) in [4.78, 5) is 11.4. The first-order chi connectivity index (χ1) is 9.27. The summed E-state index contributed by atoms with van der Waals surface area (Å²) < 4.78 is 48.6. The number of sulfonamides is 1. The highest BCUT2D eigenvalue weighted by Crippen LogP contribution is 2.45. The molecule has 118 valence electrons. The second-order valence-electron chi connectivity index (χ2n) is 4.76. The van der Waals surface area contributed by atoms with E-state index in [0.717, 1.165) is 0 Å². The van der Waals surface area contributed by atoms with Crippen LogP contribution in [-0.4, -0.2) is 32.5 Å². The van der Waals surface area contributed by atoms with Crippen molar-refractivity contribution in [2.45, 2.75) is 37.4 Å². The van der Waals surface area contributed by atoms with E-state index in [1.807, 2.05) is 4.72 Å². The summed E-state index contributed by atoms with van der Waals surface area (Å²) in [6.45, 7) is 7.54. The SMILES string of the molecule is C=C.CC1(S(=O)(=O)NC(=O)[C@H]2CC2C(F)F)CC1.CN. The van der Waals surface area contributed by atoms with E-state index in [2.05, 4.69) is 18.9 Å². The minimum atomic E-state index is -3.68. The van der Waals surface area contributed by atoms with Gasteiger partial charge in [-0.2, -0.15) is 0 Å². The zero-order valence-electron chi connectivity index (χ0n) is 11.7. The van der Waals surface area contributed by atoms with Crippen molar-refractivity contribution in [3.8, 4) is 0 Å². The third kappa shape index (κ3) is 4.24. The molecule has 3 N–H and O–H groups in total. The minimum absolute atomic E-state index is 0.0791. The molecular formula is C12H22F2N2O3S. The minimum Gasteiger partial charge on any atom is -0.333 e. The molecule has 1 amide bonds. The Labute approximate surface area is 118 Å². The highest BCUT2D eigenvalue weighted by molar-refractivity contribution is 7.91. The Hall–Kier alpha value is -1.02. The summed E-state index contributed by atoms with van der Waals surface area (Å²) in [6.07, 6.45) is -1.44. The van der Waals surface area contributed by atoms with Crippen LogP contribution in [-0.2, 0) is 14.8 Å². The van der Waals surface area contributed by atoms with Crippen molar-refractivity contribution in [1.29, 1.82) is 0 Å². The molecule has 0 aromatic heterocycles. The number of carbonyl (C=O) groups excluding carboxylic acids is 1. The van der Waals surface area contributed by atoms with Gasteiger partial charge in [0.05, 0.1) is 4.75 Å². The van der Waals surface area contributed by atoms with Crippen LogP contribution in [0.2, 0.25) is 0 Å². The summed E-state index contributed by atoms with van der Waals surface area (Å²) >= 11 is 0. The molecule has 5 nitrogen and oxygen atoms in total. The van der Waals surface area contributed by atoms with E-state index >= 15 is 0 Å².